The van der Waals surface area contributed by atoms with E-state index >= 15 is 0 Å². The van der Waals surface area contributed by atoms with Gasteiger partial charge in [-0.25, -0.2) is 0 Å². The maximum atomic E-state index is 11.6. The SMILES string of the molecule is Cc1cccc(Cl)c1NC(=O)CCN(C)C. The number of anilines is 1. The standard InChI is InChI=1S/C12H17ClN2O/c1-9-5-4-6-10(13)12(9)14-11(16)7-8-15(2)3/h4-6H,7-8H2,1-3H3,(H,14,16). The minimum absolute atomic E-state index is 0.00935. The highest BCUT2D eigenvalue weighted by Crippen LogP contribution is 2.25. The van der Waals surface area contributed by atoms with E-state index in [4.69, 9.17) is 11.6 Å². The summed E-state index contributed by atoms with van der Waals surface area (Å²) in [6, 6.07) is 5.57. The van der Waals surface area contributed by atoms with Gasteiger partial charge in [0.05, 0.1) is 10.7 Å². The van der Waals surface area contributed by atoms with Crippen molar-refractivity contribution in [1.29, 1.82) is 0 Å². The van der Waals surface area contributed by atoms with E-state index in [1.54, 1.807) is 6.07 Å². The number of hydrogen-bond acceptors (Lipinski definition) is 2. The van der Waals surface area contributed by atoms with Crippen molar-refractivity contribution in [3.63, 3.8) is 0 Å². The molecule has 0 fully saturated rings. The minimum atomic E-state index is -0.00935. The number of carbonyl (C=O) groups is 1. The molecule has 4 heteroatoms. The predicted molar refractivity (Wildman–Crippen MR) is 68.0 cm³/mol. The highest BCUT2D eigenvalue weighted by molar-refractivity contribution is 6.33. The Kier molecular flexibility index (Phi) is 4.77. The molecule has 1 amide bonds. The fraction of sp³-hybridized carbons (Fsp3) is 0.417. The summed E-state index contributed by atoms with van der Waals surface area (Å²) < 4.78 is 0. The first-order chi connectivity index (χ1) is 7.50. The van der Waals surface area contributed by atoms with Crippen molar-refractivity contribution in [2.45, 2.75) is 13.3 Å². The Balaban J connectivity index is 2.63. The van der Waals surface area contributed by atoms with E-state index in [-0.39, 0.29) is 5.91 Å². The number of halogens is 1. The molecule has 0 saturated carbocycles. The normalized spacial score (nSPS) is 10.6. The lowest BCUT2D eigenvalue weighted by atomic mass is 10.2. The van der Waals surface area contributed by atoms with Crippen LogP contribution in [0.1, 0.15) is 12.0 Å². The Bertz CT molecular complexity index is 357. The Labute approximate surface area is 101 Å². The molecule has 0 heterocycles. The van der Waals surface area contributed by atoms with Crippen LogP contribution in [-0.4, -0.2) is 31.4 Å². The molecule has 0 aromatic heterocycles. The number of aryl methyl sites for hydroxylation is 1. The van der Waals surface area contributed by atoms with Gasteiger partial charge in [-0.3, -0.25) is 4.79 Å². The average Bonchev–Trinajstić information content (AvgIpc) is 2.21. The van der Waals surface area contributed by atoms with E-state index in [0.717, 1.165) is 12.1 Å². The van der Waals surface area contributed by atoms with Crippen LogP contribution in [-0.2, 0) is 4.79 Å². The lowest BCUT2D eigenvalue weighted by Crippen LogP contribution is -2.21. The summed E-state index contributed by atoms with van der Waals surface area (Å²) in [5, 5.41) is 3.42. The number of para-hydroxylation sites is 1. The zero-order valence-corrected chi connectivity index (χ0v) is 10.6. The first-order valence-corrected chi connectivity index (χ1v) is 5.58. The summed E-state index contributed by atoms with van der Waals surface area (Å²) in [4.78, 5) is 13.6. The maximum absolute atomic E-state index is 11.6. The molecule has 1 aromatic carbocycles. The van der Waals surface area contributed by atoms with Gasteiger partial charge in [0.2, 0.25) is 5.91 Å². The van der Waals surface area contributed by atoms with Gasteiger partial charge in [-0.1, -0.05) is 23.7 Å². The van der Waals surface area contributed by atoms with Gasteiger partial charge in [-0.2, -0.15) is 0 Å². The van der Waals surface area contributed by atoms with Gasteiger partial charge in [0.25, 0.3) is 0 Å². The van der Waals surface area contributed by atoms with Crippen LogP contribution < -0.4 is 5.32 Å². The number of amides is 1. The maximum Gasteiger partial charge on any atom is 0.225 e. The van der Waals surface area contributed by atoms with Crippen molar-refractivity contribution in [2.24, 2.45) is 0 Å². The van der Waals surface area contributed by atoms with Crippen LogP contribution in [0, 0.1) is 6.92 Å². The largest absolute Gasteiger partial charge is 0.325 e. The Morgan fingerprint density at radius 3 is 2.69 bits per heavy atom. The van der Waals surface area contributed by atoms with E-state index < -0.39 is 0 Å². The van der Waals surface area contributed by atoms with E-state index in [2.05, 4.69) is 5.32 Å². The van der Waals surface area contributed by atoms with Gasteiger partial charge in [-0.15, -0.1) is 0 Å². The second-order valence-corrected chi connectivity index (χ2v) is 4.44. The van der Waals surface area contributed by atoms with Crippen LogP contribution >= 0.6 is 11.6 Å². The van der Waals surface area contributed by atoms with Crippen molar-refractivity contribution in [2.75, 3.05) is 26.0 Å². The van der Waals surface area contributed by atoms with Crippen molar-refractivity contribution >= 4 is 23.2 Å². The van der Waals surface area contributed by atoms with Gasteiger partial charge in [0.1, 0.15) is 0 Å². The predicted octanol–water partition coefficient (Wildman–Crippen LogP) is 2.54. The lowest BCUT2D eigenvalue weighted by molar-refractivity contribution is -0.116. The third kappa shape index (κ3) is 3.83. The van der Waals surface area contributed by atoms with Gasteiger partial charge in [-0.05, 0) is 32.6 Å². The Morgan fingerprint density at radius 2 is 2.12 bits per heavy atom. The monoisotopic (exact) mass is 240 g/mol. The highest BCUT2D eigenvalue weighted by Gasteiger charge is 2.08. The van der Waals surface area contributed by atoms with Crippen molar-refractivity contribution in [3.05, 3.63) is 28.8 Å². The summed E-state index contributed by atoms with van der Waals surface area (Å²) >= 11 is 6.01. The van der Waals surface area contributed by atoms with Gasteiger partial charge >= 0.3 is 0 Å². The molecular weight excluding hydrogens is 224 g/mol. The van der Waals surface area contributed by atoms with E-state index in [0.29, 0.717) is 17.1 Å². The molecule has 1 N–H and O–H groups in total. The number of rotatable bonds is 4. The van der Waals surface area contributed by atoms with Crippen molar-refractivity contribution in [3.8, 4) is 0 Å². The zero-order valence-electron chi connectivity index (χ0n) is 9.88. The molecule has 0 unspecified atom stereocenters. The van der Waals surface area contributed by atoms with Crippen molar-refractivity contribution in [1.82, 2.24) is 4.90 Å². The van der Waals surface area contributed by atoms with E-state index in [1.807, 2.05) is 38.1 Å². The summed E-state index contributed by atoms with van der Waals surface area (Å²) in [5.74, 6) is -0.00935. The van der Waals surface area contributed by atoms with Crippen LogP contribution in [0.25, 0.3) is 0 Å². The van der Waals surface area contributed by atoms with Crippen LogP contribution in [0.5, 0.6) is 0 Å². The smallest absolute Gasteiger partial charge is 0.225 e. The van der Waals surface area contributed by atoms with Crippen LogP contribution in [0.2, 0.25) is 5.02 Å². The molecule has 0 aliphatic rings. The molecule has 0 spiro atoms. The molecule has 0 saturated heterocycles. The minimum Gasteiger partial charge on any atom is -0.325 e. The summed E-state index contributed by atoms with van der Waals surface area (Å²) in [7, 11) is 3.88. The zero-order chi connectivity index (χ0) is 12.1. The molecule has 3 nitrogen and oxygen atoms in total. The third-order valence-corrected chi connectivity index (χ3v) is 2.59. The fourth-order valence-electron chi connectivity index (χ4n) is 1.32. The lowest BCUT2D eigenvalue weighted by Gasteiger charge is -2.12. The van der Waals surface area contributed by atoms with E-state index in [9.17, 15) is 4.79 Å². The Morgan fingerprint density at radius 1 is 1.44 bits per heavy atom. The number of nitrogens with one attached hydrogen (secondary N) is 1. The van der Waals surface area contributed by atoms with E-state index in [1.165, 1.54) is 0 Å². The van der Waals surface area contributed by atoms with Gasteiger partial charge in [0, 0.05) is 13.0 Å². The second-order valence-electron chi connectivity index (χ2n) is 4.03. The molecule has 0 atom stereocenters. The second kappa shape index (κ2) is 5.87. The summed E-state index contributed by atoms with van der Waals surface area (Å²) in [5.41, 5.74) is 1.69. The van der Waals surface area contributed by atoms with Crippen LogP contribution in [0.4, 0.5) is 5.69 Å². The number of hydrogen-bond donors (Lipinski definition) is 1. The molecule has 0 bridgehead atoms. The van der Waals surface area contributed by atoms with Gasteiger partial charge in [0.15, 0.2) is 0 Å². The number of nitrogens with zero attached hydrogens (tertiary/aromatic N) is 1. The highest BCUT2D eigenvalue weighted by atomic mass is 35.5. The quantitative estimate of drug-likeness (QED) is 0.877. The number of benzene rings is 1. The van der Waals surface area contributed by atoms with Crippen molar-refractivity contribution < 1.29 is 4.79 Å². The number of carbonyl (C=O) groups excluding carboxylic acids is 1. The average molecular weight is 241 g/mol. The van der Waals surface area contributed by atoms with Crippen LogP contribution in [0.15, 0.2) is 18.2 Å². The molecule has 0 aliphatic heterocycles. The Hall–Kier alpha value is -1.06. The molecule has 0 aliphatic carbocycles. The topological polar surface area (TPSA) is 32.3 Å². The molecule has 0 radical (unpaired) electrons. The molecule has 1 rings (SSSR count). The summed E-state index contributed by atoms with van der Waals surface area (Å²) in [6.45, 7) is 2.66. The fourth-order valence-corrected chi connectivity index (χ4v) is 1.59. The first-order valence-electron chi connectivity index (χ1n) is 5.20. The third-order valence-electron chi connectivity index (χ3n) is 2.27. The first kappa shape index (κ1) is 13.0. The molecule has 88 valence electrons. The molecule has 16 heavy (non-hydrogen) atoms. The molecule has 1 aromatic rings. The molecular formula is C12H17ClN2O. The van der Waals surface area contributed by atoms with Gasteiger partial charge < -0.3 is 10.2 Å². The summed E-state index contributed by atoms with van der Waals surface area (Å²) in [6.07, 6.45) is 0.470. The van der Waals surface area contributed by atoms with Crippen LogP contribution in [0.3, 0.4) is 0 Å².